The summed E-state index contributed by atoms with van der Waals surface area (Å²) in [5, 5.41) is 24.5. The summed E-state index contributed by atoms with van der Waals surface area (Å²) in [6.45, 7) is 3.27. The highest BCUT2D eigenvalue weighted by atomic mass is 16.6. The summed E-state index contributed by atoms with van der Waals surface area (Å²) in [6, 6.07) is 10.8. The van der Waals surface area contributed by atoms with Gasteiger partial charge in [0.15, 0.2) is 0 Å². The van der Waals surface area contributed by atoms with E-state index in [4.69, 9.17) is 0 Å². The smallest absolute Gasteiger partial charge is 0.275 e. The Hall–Kier alpha value is -3.22. The number of hydrogen-bond donors (Lipinski definition) is 2. The van der Waals surface area contributed by atoms with Crippen LogP contribution in [0.5, 0.6) is 5.75 Å². The van der Waals surface area contributed by atoms with E-state index in [1.165, 1.54) is 18.2 Å². The third-order valence-corrected chi connectivity index (χ3v) is 3.30. The van der Waals surface area contributed by atoms with Crippen molar-refractivity contribution < 1.29 is 14.8 Å². The van der Waals surface area contributed by atoms with Gasteiger partial charge in [-0.25, -0.2) is 5.43 Å². The normalized spacial score (nSPS) is 11.1. The monoisotopic (exact) mass is 313 g/mol. The topological polar surface area (TPSA) is 105 Å². The molecule has 0 saturated carbocycles. The van der Waals surface area contributed by atoms with Crippen LogP contribution in [0.2, 0.25) is 0 Å². The number of carbonyl (C=O) groups is 1. The molecule has 0 unspecified atom stereocenters. The Bertz CT molecular complexity index is 800. The molecule has 7 heteroatoms. The Morgan fingerprint density at radius 2 is 1.96 bits per heavy atom. The second-order valence-corrected chi connectivity index (χ2v) is 4.91. The first kappa shape index (κ1) is 16.2. The van der Waals surface area contributed by atoms with Crippen LogP contribution in [-0.2, 0) is 0 Å². The predicted octanol–water partition coefficient (Wildman–Crippen LogP) is 2.76. The van der Waals surface area contributed by atoms with Crippen LogP contribution in [0.1, 0.15) is 28.4 Å². The van der Waals surface area contributed by atoms with E-state index in [0.717, 1.165) is 0 Å². The molecule has 0 aliphatic heterocycles. The molecule has 2 N–H and O–H groups in total. The van der Waals surface area contributed by atoms with E-state index >= 15 is 0 Å². The van der Waals surface area contributed by atoms with E-state index in [-0.39, 0.29) is 17.0 Å². The van der Waals surface area contributed by atoms with Gasteiger partial charge in [0.05, 0.1) is 16.2 Å². The number of aryl methyl sites for hydroxylation is 1. The van der Waals surface area contributed by atoms with Crippen molar-refractivity contribution in [1.29, 1.82) is 0 Å². The molecular formula is C16H15N3O4. The number of aromatic hydroxyl groups is 1. The summed E-state index contributed by atoms with van der Waals surface area (Å²) < 4.78 is 0. The van der Waals surface area contributed by atoms with Crippen molar-refractivity contribution >= 4 is 17.3 Å². The van der Waals surface area contributed by atoms with E-state index in [1.807, 2.05) is 0 Å². The second-order valence-electron chi connectivity index (χ2n) is 4.91. The summed E-state index contributed by atoms with van der Waals surface area (Å²) in [5.74, 6) is -0.715. The lowest BCUT2D eigenvalue weighted by Gasteiger charge is -2.05. The summed E-state index contributed by atoms with van der Waals surface area (Å²) >= 11 is 0. The average molecular weight is 313 g/mol. The van der Waals surface area contributed by atoms with Crippen LogP contribution in [0, 0.1) is 17.0 Å². The first-order valence-electron chi connectivity index (χ1n) is 6.78. The summed E-state index contributed by atoms with van der Waals surface area (Å²) in [6.07, 6.45) is 0. The van der Waals surface area contributed by atoms with Gasteiger partial charge in [-0.15, -0.1) is 0 Å². The molecule has 0 radical (unpaired) electrons. The van der Waals surface area contributed by atoms with Crippen LogP contribution in [0.4, 0.5) is 5.69 Å². The van der Waals surface area contributed by atoms with Crippen molar-refractivity contribution in [2.45, 2.75) is 13.8 Å². The fourth-order valence-corrected chi connectivity index (χ4v) is 1.96. The predicted molar refractivity (Wildman–Crippen MR) is 85.6 cm³/mol. The molecule has 0 bridgehead atoms. The van der Waals surface area contributed by atoms with Gasteiger partial charge in [-0.2, -0.15) is 5.10 Å². The fraction of sp³-hybridized carbons (Fsp3) is 0.125. The largest absolute Gasteiger partial charge is 0.507 e. The number of rotatable bonds is 4. The van der Waals surface area contributed by atoms with Crippen LogP contribution in [0.15, 0.2) is 47.6 Å². The minimum absolute atomic E-state index is 0.0101. The Balaban J connectivity index is 2.21. The zero-order valence-electron chi connectivity index (χ0n) is 12.6. The van der Waals surface area contributed by atoms with E-state index in [9.17, 15) is 20.0 Å². The lowest BCUT2D eigenvalue weighted by molar-refractivity contribution is -0.385. The van der Waals surface area contributed by atoms with Crippen molar-refractivity contribution in [3.63, 3.8) is 0 Å². The molecule has 7 nitrogen and oxygen atoms in total. The van der Waals surface area contributed by atoms with Gasteiger partial charge in [0, 0.05) is 17.2 Å². The number of amides is 1. The number of phenolic OH excluding ortho intramolecular Hbond substituents is 1. The number of carbonyl (C=O) groups excluding carboxylic acids is 1. The quantitative estimate of drug-likeness (QED) is 0.514. The number of nitrogens with zero attached hydrogens (tertiary/aromatic N) is 2. The first-order chi connectivity index (χ1) is 10.9. The lowest BCUT2D eigenvalue weighted by atomic mass is 10.1. The highest BCUT2D eigenvalue weighted by molar-refractivity contribution is 6.02. The Morgan fingerprint density at radius 3 is 2.61 bits per heavy atom. The van der Waals surface area contributed by atoms with Gasteiger partial charge in [-0.05, 0) is 26.0 Å². The number of nitro benzene ring substituents is 1. The maximum atomic E-state index is 11.9. The van der Waals surface area contributed by atoms with Crippen LogP contribution in [0.25, 0.3) is 0 Å². The van der Waals surface area contributed by atoms with Crippen molar-refractivity contribution in [2.24, 2.45) is 5.10 Å². The Kier molecular flexibility index (Phi) is 4.70. The number of hydrogen-bond acceptors (Lipinski definition) is 5. The molecule has 2 rings (SSSR count). The Morgan fingerprint density at radius 1 is 1.26 bits per heavy atom. The van der Waals surface area contributed by atoms with Gasteiger partial charge < -0.3 is 5.11 Å². The van der Waals surface area contributed by atoms with E-state index in [1.54, 1.807) is 38.1 Å². The first-order valence-corrected chi connectivity index (χ1v) is 6.78. The molecule has 0 saturated heterocycles. The van der Waals surface area contributed by atoms with E-state index in [2.05, 4.69) is 10.5 Å². The molecule has 2 aromatic carbocycles. The van der Waals surface area contributed by atoms with Crippen molar-refractivity contribution in [3.05, 3.63) is 69.3 Å². The molecule has 1 amide bonds. The minimum Gasteiger partial charge on any atom is -0.507 e. The number of para-hydroxylation sites is 1. The molecule has 0 atom stereocenters. The minimum atomic E-state index is -0.566. The average Bonchev–Trinajstić information content (AvgIpc) is 2.52. The maximum absolute atomic E-state index is 11.9. The second kappa shape index (κ2) is 6.69. The van der Waals surface area contributed by atoms with Gasteiger partial charge in [0.25, 0.3) is 11.6 Å². The van der Waals surface area contributed by atoms with Crippen LogP contribution < -0.4 is 5.43 Å². The molecule has 23 heavy (non-hydrogen) atoms. The molecule has 118 valence electrons. The highest BCUT2D eigenvalue weighted by Gasteiger charge is 2.13. The zero-order chi connectivity index (χ0) is 17.0. The Labute approximate surface area is 132 Å². The fourth-order valence-electron chi connectivity index (χ4n) is 1.96. The third kappa shape index (κ3) is 3.70. The zero-order valence-corrected chi connectivity index (χ0v) is 12.6. The number of nitrogens with one attached hydrogen (secondary N) is 1. The van der Waals surface area contributed by atoms with E-state index in [0.29, 0.717) is 16.8 Å². The van der Waals surface area contributed by atoms with Crippen LogP contribution in [-0.4, -0.2) is 21.6 Å². The third-order valence-electron chi connectivity index (χ3n) is 3.30. The summed E-state index contributed by atoms with van der Waals surface area (Å²) in [4.78, 5) is 22.4. The molecular weight excluding hydrogens is 298 g/mol. The molecule has 0 spiro atoms. The van der Waals surface area contributed by atoms with Crippen LogP contribution >= 0.6 is 0 Å². The number of nitro groups is 1. The lowest BCUT2D eigenvalue weighted by Crippen LogP contribution is -2.19. The van der Waals surface area contributed by atoms with Crippen molar-refractivity contribution in [1.82, 2.24) is 5.43 Å². The molecule has 0 aliphatic rings. The number of benzene rings is 2. The standard InChI is InChI=1S/C16H15N3O4/c1-10-7-8-12(9-14(10)19(22)23)11(2)17-18-16(21)13-5-3-4-6-15(13)20/h3-9,20H,1-2H3,(H,18,21). The van der Waals surface area contributed by atoms with Crippen molar-refractivity contribution in [2.75, 3.05) is 0 Å². The molecule has 0 aliphatic carbocycles. The molecule has 2 aromatic rings. The van der Waals surface area contributed by atoms with Gasteiger partial charge >= 0.3 is 0 Å². The van der Waals surface area contributed by atoms with Gasteiger partial charge in [0.1, 0.15) is 5.75 Å². The number of hydrazone groups is 1. The van der Waals surface area contributed by atoms with E-state index < -0.39 is 10.8 Å². The molecule has 0 fully saturated rings. The van der Waals surface area contributed by atoms with Gasteiger partial charge in [-0.1, -0.05) is 24.3 Å². The van der Waals surface area contributed by atoms with Gasteiger partial charge in [-0.3, -0.25) is 14.9 Å². The number of phenols is 1. The summed E-state index contributed by atoms with van der Waals surface area (Å²) in [7, 11) is 0. The summed E-state index contributed by atoms with van der Waals surface area (Å²) in [5.41, 5.74) is 3.89. The van der Waals surface area contributed by atoms with Crippen LogP contribution in [0.3, 0.4) is 0 Å². The SMILES string of the molecule is CC(=NNC(=O)c1ccccc1O)c1ccc(C)c([N+](=O)[O-])c1. The highest BCUT2D eigenvalue weighted by Crippen LogP contribution is 2.20. The molecule has 0 aromatic heterocycles. The maximum Gasteiger partial charge on any atom is 0.275 e. The van der Waals surface area contributed by atoms with Crippen molar-refractivity contribution in [3.8, 4) is 5.75 Å². The molecule has 0 heterocycles. The van der Waals surface area contributed by atoms with Gasteiger partial charge in [0.2, 0.25) is 0 Å².